The highest BCUT2D eigenvalue weighted by atomic mass is 17.1. The topological polar surface area (TPSA) is 58.9 Å². The lowest BCUT2D eigenvalue weighted by Gasteiger charge is -2.17. The zero-order chi connectivity index (χ0) is 9.56. The Morgan fingerprint density at radius 1 is 1.00 bits per heavy atom. The summed E-state index contributed by atoms with van der Waals surface area (Å²) in [6.07, 6.45) is 0.958. The van der Waals surface area contributed by atoms with Crippen molar-refractivity contribution in [1.29, 1.82) is 0 Å². The third-order valence-electron chi connectivity index (χ3n) is 1.92. The van der Waals surface area contributed by atoms with Gasteiger partial charge in [0, 0.05) is 0 Å². The van der Waals surface area contributed by atoms with Crippen LogP contribution in [-0.4, -0.2) is 22.7 Å². The standard InChI is InChI=1S/C8H18O4/c1-6(2)8(12-10)5-4-7(3)11-9/h6-10H,4-5H2,1-3H3. The first kappa shape index (κ1) is 11.8. The van der Waals surface area contributed by atoms with E-state index in [9.17, 15) is 0 Å². The molecule has 2 N–H and O–H groups in total. The highest BCUT2D eigenvalue weighted by molar-refractivity contribution is 4.62. The molecule has 0 aromatic rings. The molecule has 2 unspecified atom stereocenters. The van der Waals surface area contributed by atoms with Gasteiger partial charge in [0.1, 0.15) is 0 Å². The summed E-state index contributed by atoms with van der Waals surface area (Å²) in [5.74, 6) is 0.265. The van der Waals surface area contributed by atoms with Crippen molar-refractivity contribution < 1.29 is 20.3 Å². The van der Waals surface area contributed by atoms with E-state index in [1.807, 2.05) is 13.8 Å². The molecular formula is C8H18O4. The minimum Gasteiger partial charge on any atom is -0.252 e. The summed E-state index contributed by atoms with van der Waals surface area (Å²) in [7, 11) is 0. The summed E-state index contributed by atoms with van der Waals surface area (Å²) in [6.45, 7) is 5.69. The van der Waals surface area contributed by atoms with Gasteiger partial charge in [0.2, 0.25) is 0 Å². The molecule has 0 aromatic heterocycles. The molecule has 4 heteroatoms. The zero-order valence-corrected chi connectivity index (χ0v) is 7.86. The molecule has 2 atom stereocenters. The summed E-state index contributed by atoms with van der Waals surface area (Å²) < 4.78 is 0. The van der Waals surface area contributed by atoms with E-state index >= 15 is 0 Å². The van der Waals surface area contributed by atoms with Crippen LogP contribution in [0.2, 0.25) is 0 Å². The van der Waals surface area contributed by atoms with Crippen molar-refractivity contribution in [1.82, 2.24) is 0 Å². The van der Waals surface area contributed by atoms with Gasteiger partial charge in [-0.15, -0.1) is 0 Å². The van der Waals surface area contributed by atoms with Crippen LogP contribution >= 0.6 is 0 Å². The molecule has 0 aliphatic rings. The lowest BCUT2D eigenvalue weighted by molar-refractivity contribution is -0.298. The molecule has 0 saturated carbocycles. The monoisotopic (exact) mass is 178 g/mol. The maximum atomic E-state index is 8.48. The molecule has 0 radical (unpaired) electrons. The van der Waals surface area contributed by atoms with Crippen LogP contribution in [0.4, 0.5) is 0 Å². The van der Waals surface area contributed by atoms with E-state index in [0.29, 0.717) is 12.8 Å². The number of hydrogen-bond acceptors (Lipinski definition) is 4. The number of hydrogen-bond donors (Lipinski definition) is 2. The maximum absolute atomic E-state index is 8.48. The van der Waals surface area contributed by atoms with Gasteiger partial charge >= 0.3 is 0 Å². The van der Waals surface area contributed by atoms with E-state index in [1.54, 1.807) is 6.92 Å². The predicted octanol–water partition coefficient (Wildman–Crippen LogP) is 2.16. The van der Waals surface area contributed by atoms with Crippen LogP contribution in [0.1, 0.15) is 33.6 Å². The second-order valence-electron chi connectivity index (χ2n) is 3.38. The second-order valence-corrected chi connectivity index (χ2v) is 3.38. The quantitative estimate of drug-likeness (QED) is 0.483. The smallest absolute Gasteiger partial charge is 0.0951 e. The van der Waals surface area contributed by atoms with Crippen LogP contribution in [0.3, 0.4) is 0 Å². The molecule has 12 heavy (non-hydrogen) atoms. The fourth-order valence-corrected chi connectivity index (χ4v) is 0.959. The highest BCUT2D eigenvalue weighted by Crippen LogP contribution is 2.13. The molecule has 0 aliphatic carbocycles. The van der Waals surface area contributed by atoms with Crippen LogP contribution in [0, 0.1) is 5.92 Å². The van der Waals surface area contributed by atoms with Crippen molar-refractivity contribution in [2.24, 2.45) is 5.92 Å². The Morgan fingerprint density at radius 2 is 1.58 bits per heavy atom. The lowest BCUT2D eigenvalue weighted by atomic mass is 10.0. The third-order valence-corrected chi connectivity index (χ3v) is 1.92. The van der Waals surface area contributed by atoms with Crippen molar-refractivity contribution in [3.63, 3.8) is 0 Å². The van der Waals surface area contributed by atoms with Crippen LogP contribution in [-0.2, 0) is 9.78 Å². The van der Waals surface area contributed by atoms with Gasteiger partial charge in [-0.2, -0.15) is 0 Å². The van der Waals surface area contributed by atoms with E-state index in [0.717, 1.165) is 0 Å². The van der Waals surface area contributed by atoms with Crippen molar-refractivity contribution >= 4 is 0 Å². The van der Waals surface area contributed by atoms with E-state index in [-0.39, 0.29) is 18.1 Å². The Balaban J connectivity index is 3.58. The minimum absolute atomic E-state index is 0.178. The fraction of sp³-hybridized carbons (Fsp3) is 1.00. The zero-order valence-electron chi connectivity index (χ0n) is 7.86. The van der Waals surface area contributed by atoms with Crippen LogP contribution < -0.4 is 0 Å². The fourth-order valence-electron chi connectivity index (χ4n) is 0.959. The van der Waals surface area contributed by atoms with Gasteiger partial charge in [-0.3, -0.25) is 10.5 Å². The van der Waals surface area contributed by atoms with E-state index in [4.69, 9.17) is 10.5 Å². The summed E-state index contributed by atoms with van der Waals surface area (Å²) in [5, 5.41) is 16.7. The molecule has 0 bridgehead atoms. The van der Waals surface area contributed by atoms with Crippen LogP contribution in [0.5, 0.6) is 0 Å². The maximum Gasteiger partial charge on any atom is 0.0951 e. The molecule has 0 heterocycles. The van der Waals surface area contributed by atoms with E-state index < -0.39 is 0 Å². The summed E-state index contributed by atoms with van der Waals surface area (Å²) in [4.78, 5) is 8.36. The molecule has 74 valence electrons. The van der Waals surface area contributed by atoms with Gasteiger partial charge in [-0.25, -0.2) is 9.78 Å². The van der Waals surface area contributed by atoms with Gasteiger partial charge in [0.15, 0.2) is 0 Å². The first-order chi connectivity index (χ1) is 5.61. The molecule has 0 amide bonds. The largest absolute Gasteiger partial charge is 0.252 e. The lowest BCUT2D eigenvalue weighted by Crippen LogP contribution is -2.20. The summed E-state index contributed by atoms with van der Waals surface area (Å²) >= 11 is 0. The van der Waals surface area contributed by atoms with E-state index in [1.165, 1.54) is 0 Å². The first-order valence-electron chi connectivity index (χ1n) is 4.22. The van der Waals surface area contributed by atoms with Crippen molar-refractivity contribution in [2.75, 3.05) is 0 Å². The second kappa shape index (κ2) is 6.37. The Morgan fingerprint density at radius 3 is 1.92 bits per heavy atom. The molecular weight excluding hydrogens is 160 g/mol. The SMILES string of the molecule is CC(CCC(OO)C(C)C)OO. The molecule has 0 aliphatic heterocycles. The minimum atomic E-state index is -0.207. The molecule has 4 nitrogen and oxygen atoms in total. The van der Waals surface area contributed by atoms with Gasteiger partial charge in [0.25, 0.3) is 0 Å². The van der Waals surface area contributed by atoms with Gasteiger partial charge < -0.3 is 0 Å². The summed E-state index contributed by atoms with van der Waals surface area (Å²) in [6, 6.07) is 0. The molecule has 0 aromatic carbocycles. The molecule has 0 spiro atoms. The Bertz CT molecular complexity index is 105. The van der Waals surface area contributed by atoms with Gasteiger partial charge in [0.05, 0.1) is 12.2 Å². The highest BCUT2D eigenvalue weighted by Gasteiger charge is 2.15. The van der Waals surface area contributed by atoms with Gasteiger partial charge in [-0.05, 0) is 25.7 Å². The third kappa shape index (κ3) is 4.66. The number of rotatable bonds is 6. The first-order valence-corrected chi connectivity index (χ1v) is 4.22. The van der Waals surface area contributed by atoms with Crippen molar-refractivity contribution in [2.45, 2.75) is 45.8 Å². The van der Waals surface area contributed by atoms with Crippen molar-refractivity contribution in [3.05, 3.63) is 0 Å². The Kier molecular flexibility index (Phi) is 6.28. The van der Waals surface area contributed by atoms with Crippen LogP contribution in [0.25, 0.3) is 0 Å². The average molecular weight is 178 g/mol. The molecule has 0 rings (SSSR count). The molecule has 0 fully saturated rings. The van der Waals surface area contributed by atoms with E-state index in [2.05, 4.69) is 9.78 Å². The Labute approximate surface area is 73.0 Å². The van der Waals surface area contributed by atoms with Crippen molar-refractivity contribution in [3.8, 4) is 0 Å². The predicted molar refractivity (Wildman–Crippen MR) is 44.7 cm³/mol. The normalized spacial score (nSPS) is 16.5. The average Bonchev–Trinajstić information content (AvgIpc) is 2.04. The Hall–Kier alpha value is -0.160. The summed E-state index contributed by atoms with van der Waals surface area (Å²) in [5.41, 5.74) is 0. The molecule has 0 saturated heterocycles. The van der Waals surface area contributed by atoms with Gasteiger partial charge in [-0.1, -0.05) is 13.8 Å². The van der Waals surface area contributed by atoms with Crippen LogP contribution in [0.15, 0.2) is 0 Å².